The Morgan fingerprint density at radius 3 is 2.35 bits per heavy atom. The van der Waals surface area contributed by atoms with Gasteiger partial charge in [-0.25, -0.2) is 9.48 Å². The topological polar surface area (TPSA) is 99.0 Å². The molecule has 0 saturated heterocycles. The lowest BCUT2D eigenvalue weighted by molar-refractivity contribution is 0.0600. The molecule has 0 radical (unpaired) electrons. The van der Waals surface area contributed by atoms with Crippen LogP contribution in [0.1, 0.15) is 26.3 Å². The molecule has 3 aromatic carbocycles. The van der Waals surface area contributed by atoms with Gasteiger partial charge in [-0.2, -0.15) is 5.10 Å². The normalized spacial score (nSPS) is 10.7. The summed E-state index contributed by atoms with van der Waals surface area (Å²) in [6, 6.07) is 26.4. The van der Waals surface area contributed by atoms with E-state index in [0.717, 1.165) is 21.2 Å². The summed E-state index contributed by atoms with van der Waals surface area (Å²) in [4.78, 5) is 24.9. The number of hydrogen-bond donors (Lipinski definition) is 1. The third kappa shape index (κ3) is 5.76. The fourth-order valence-corrected chi connectivity index (χ4v) is 5.25. The Bertz CT molecular complexity index is 1520. The lowest BCUT2D eigenvalue weighted by Gasteiger charge is -2.02. The number of benzene rings is 3. The third-order valence-electron chi connectivity index (χ3n) is 5.39. The van der Waals surface area contributed by atoms with Crippen LogP contribution in [0, 0.1) is 0 Å². The monoisotopic (exact) mass is 527 g/mol. The molecule has 0 bridgehead atoms. The standard InChI is InChI=1S/C27H21N5O3S2/c1-35-25(34)20-14-12-18(13-15-20)17-36-27-30-29-26(37-27)28-24(33)22-16-32(21-10-6-3-7-11-21)31-23(22)19-8-4-2-5-9-19/h2-16H,17H2,1H3,(H,28,29,33). The predicted octanol–water partition coefficient (Wildman–Crippen LogP) is 5.72. The van der Waals surface area contributed by atoms with E-state index >= 15 is 0 Å². The van der Waals surface area contributed by atoms with Crippen LogP contribution < -0.4 is 5.32 Å². The van der Waals surface area contributed by atoms with Crippen LogP contribution in [0.4, 0.5) is 5.13 Å². The largest absolute Gasteiger partial charge is 0.465 e. The van der Waals surface area contributed by atoms with Crippen LogP contribution in [0.2, 0.25) is 0 Å². The quantitative estimate of drug-likeness (QED) is 0.156. The summed E-state index contributed by atoms with van der Waals surface area (Å²) >= 11 is 2.80. The number of nitrogens with zero attached hydrogens (tertiary/aromatic N) is 4. The highest BCUT2D eigenvalue weighted by atomic mass is 32.2. The summed E-state index contributed by atoms with van der Waals surface area (Å²) in [7, 11) is 1.36. The van der Waals surface area contributed by atoms with Gasteiger partial charge in [0.25, 0.3) is 5.91 Å². The number of ether oxygens (including phenoxy) is 1. The number of rotatable bonds is 8. The molecule has 0 atom stereocenters. The van der Waals surface area contributed by atoms with Crippen LogP contribution in [0.3, 0.4) is 0 Å². The van der Waals surface area contributed by atoms with Crippen molar-refractivity contribution in [3.8, 4) is 16.9 Å². The minimum absolute atomic E-state index is 0.313. The van der Waals surface area contributed by atoms with E-state index in [-0.39, 0.29) is 11.9 Å². The van der Waals surface area contributed by atoms with E-state index in [4.69, 9.17) is 9.84 Å². The van der Waals surface area contributed by atoms with Crippen molar-refractivity contribution < 1.29 is 14.3 Å². The average Bonchev–Trinajstić information content (AvgIpc) is 3.60. The molecule has 0 unspecified atom stereocenters. The molecule has 2 heterocycles. The van der Waals surface area contributed by atoms with E-state index in [1.807, 2.05) is 72.8 Å². The summed E-state index contributed by atoms with van der Waals surface area (Å²) in [5.41, 5.74) is 4.24. The number of amides is 1. The first kappa shape index (κ1) is 24.4. The zero-order valence-electron chi connectivity index (χ0n) is 19.7. The first-order valence-corrected chi connectivity index (χ1v) is 13.1. The maximum atomic E-state index is 13.3. The van der Waals surface area contributed by atoms with Crippen molar-refractivity contribution in [1.29, 1.82) is 0 Å². The van der Waals surface area contributed by atoms with Gasteiger partial charge in [0.2, 0.25) is 5.13 Å². The highest BCUT2D eigenvalue weighted by Crippen LogP contribution is 2.30. The molecule has 0 aliphatic heterocycles. The highest BCUT2D eigenvalue weighted by molar-refractivity contribution is 8.00. The number of carbonyl (C=O) groups is 2. The van der Waals surface area contributed by atoms with E-state index in [1.54, 1.807) is 23.0 Å². The van der Waals surface area contributed by atoms with Gasteiger partial charge in [-0.05, 0) is 29.8 Å². The van der Waals surface area contributed by atoms with Gasteiger partial charge in [0.1, 0.15) is 5.69 Å². The summed E-state index contributed by atoms with van der Waals surface area (Å²) < 4.78 is 7.14. The number of aromatic nitrogens is 4. The van der Waals surface area contributed by atoms with E-state index in [9.17, 15) is 9.59 Å². The minimum Gasteiger partial charge on any atom is -0.465 e. The molecule has 37 heavy (non-hydrogen) atoms. The van der Waals surface area contributed by atoms with E-state index in [1.165, 1.54) is 30.2 Å². The van der Waals surface area contributed by atoms with Crippen molar-refractivity contribution in [2.75, 3.05) is 12.4 Å². The molecule has 0 aliphatic carbocycles. The molecule has 1 amide bonds. The fraction of sp³-hybridized carbons (Fsp3) is 0.0741. The van der Waals surface area contributed by atoms with Crippen LogP contribution in [0.15, 0.2) is 95.5 Å². The van der Waals surface area contributed by atoms with Crippen molar-refractivity contribution in [2.24, 2.45) is 0 Å². The molecule has 1 N–H and O–H groups in total. The molecule has 0 aliphatic rings. The molecular formula is C27H21N5O3S2. The highest BCUT2D eigenvalue weighted by Gasteiger charge is 2.20. The molecule has 10 heteroatoms. The molecular weight excluding hydrogens is 506 g/mol. The van der Waals surface area contributed by atoms with E-state index in [0.29, 0.717) is 27.7 Å². The van der Waals surface area contributed by atoms with Gasteiger partial charge in [0, 0.05) is 17.5 Å². The van der Waals surface area contributed by atoms with Crippen molar-refractivity contribution in [3.63, 3.8) is 0 Å². The number of para-hydroxylation sites is 1. The number of nitrogens with one attached hydrogen (secondary N) is 1. The number of thioether (sulfide) groups is 1. The molecule has 2 aromatic heterocycles. The van der Waals surface area contributed by atoms with Crippen molar-refractivity contribution in [1.82, 2.24) is 20.0 Å². The van der Waals surface area contributed by atoms with Crippen molar-refractivity contribution >= 4 is 40.1 Å². The Morgan fingerprint density at radius 1 is 0.946 bits per heavy atom. The lowest BCUT2D eigenvalue weighted by atomic mass is 10.1. The van der Waals surface area contributed by atoms with Gasteiger partial charge >= 0.3 is 5.97 Å². The van der Waals surface area contributed by atoms with Crippen LogP contribution in [0.5, 0.6) is 0 Å². The molecule has 5 aromatic rings. The number of methoxy groups -OCH3 is 1. The van der Waals surface area contributed by atoms with Gasteiger partial charge in [-0.1, -0.05) is 83.8 Å². The van der Waals surface area contributed by atoms with Gasteiger partial charge in [0.15, 0.2) is 4.34 Å². The fourth-order valence-electron chi connectivity index (χ4n) is 3.55. The minimum atomic E-state index is -0.367. The first-order chi connectivity index (χ1) is 18.1. The zero-order valence-corrected chi connectivity index (χ0v) is 21.3. The average molecular weight is 528 g/mol. The molecule has 8 nitrogen and oxygen atoms in total. The first-order valence-electron chi connectivity index (χ1n) is 11.3. The molecule has 0 fully saturated rings. The van der Waals surface area contributed by atoms with E-state index < -0.39 is 0 Å². The summed E-state index contributed by atoms with van der Waals surface area (Å²) in [5.74, 6) is -0.0351. The Kier molecular flexibility index (Phi) is 7.38. The lowest BCUT2D eigenvalue weighted by Crippen LogP contribution is -2.12. The van der Waals surface area contributed by atoms with Crippen molar-refractivity contribution in [2.45, 2.75) is 10.1 Å². The van der Waals surface area contributed by atoms with Crippen LogP contribution in [0.25, 0.3) is 16.9 Å². The second kappa shape index (κ2) is 11.2. The zero-order chi connectivity index (χ0) is 25.6. The molecule has 0 saturated carbocycles. The van der Waals surface area contributed by atoms with Crippen LogP contribution >= 0.6 is 23.1 Å². The van der Waals surface area contributed by atoms with Crippen molar-refractivity contribution in [3.05, 3.63) is 108 Å². The summed E-state index contributed by atoms with van der Waals surface area (Å²) in [5, 5.41) is 16.3. The Morgan fingerprint density at radius 2 is 1.65 bits per heavy atom. The molecule has 5 rings (SSSR count). The number of hydrogen-bond acceptors (Lipinski definition) is 8. The van der Waals surface area contributed by atoms with Gasteiger partial charge in [-0.3, -0.25) is 10.1 Å². The van der Waals surface area contributed by atoms with Crippen LogP contribution in [-0.4, -0.2) is 39.0 Å². The maximum absolute atomic E-state index is 13.3. The van der Waals surface area contributed by atoms with Gasteiger partial charge in [-0.15, -0.1) is 10.2 Å². The van der Waals surface area contributed by atoms with E-state index in [2.05, 4.69) is 15.5 Å². The maximum Gasteiger partial charge on any atom is 0.337 e. The summed E-state index contributed by atoms with van der Waals surface area (Å²) in [6.45, 7) is 0. The second-order valence-electron chi connectivity index (χ2n) is 7.84. The van der Waals surface area contributed by atoms with Crippen LogP contribution in [-0.2, 0) is 10.5 Å². The van der Waals surface area contributed by atoms with Gasteiger partial charge in [0.05, 0.1) is 23.9 Å². The second-order valence-corrected chi connectivity index (χ2v) is 10.0. The Hall–Kier alpha value is -4.28. The third-order valence-corrected chi connectivity index (χ3v) is 7.43. The Balaban J connectivity index is 1.30. The summed E-state index contributed by atoms with van der Waals surface area (Å²) in [6.07, 6.45) is 1.72. The molecule has 0 spiro atoms. The number of esters is 1. The van der Waals surface area contributed by atoms with Gasteiger partial charge < -0.3 is 4.74 Å². The smallest absolute Gasteiger partial charge is 0.337 e. The predicted molar refractivity (Wildman–Crippen MR) is 144 cm³/mol. The number of anilines is 1. The SMILES string of the molecule is COC(=O)c1ccc(CSc2nnc(NC(=O)c3cn(-c4ccccc4)nc3-c3ccccc3)s2)cc1. The Labute approximate surface area is 221 Å². The number of carbonyl (C=O) groups excluding carboxylic acids is 2. The molecule has 184 valence electrons.